The number of rotatable bonds is 6. The van der Waals surface area contributed by atoms with E-state index in [4.69, 9.17) is 9.47 Å². The molecule has 0 bridgehead atoms. The van der Waals surface area contributed by atoms with E-state index in [9.17, 15) is 4.79 Å². The summed E-state index contributed by atoms with van der Waals surface area (Å²) < 4.78 is 14.0. The Bertz CT molecular complexity index is 912. The lowest BCUT2D eigenvalue weighted by Crippen LogP contribution is -2.25. The largest absolute Gasteiger partial charge is 0.490 e. The van der Waals surface area contributed by atoms with Gasteiger partial charge in [0.25, 0.3) is 5.56 Å². The zero-order chi connectivity index (χ0) is 20.3. The van der Waals surface area contributed by atoms with E-state index in [1.807, 2.05) is 4.57 Å². The van der Waals surface area contributed by atoms with Crippen LogP contribution in [-0.4, -0.2) is 40.3 Å². The smallest absolute Gasteiger partial charge is 0.300 e. The topological polar surface area (TPSA) is 56.6 Å². The molecular weight excluding hydrogens is 378 g/mol. The number of hydrogen-bond acceptors (Lipinski definition) is 5. The highest BCUT2D eigenvalue weighted by molar-refractivity contribution is 5.29. The average molecular weight is 410 g/mol. The summed E-state index contributed by atoms with van der Waals surface area (Å²) in [6.45, 7) is 4.09. The molecule has 3 heterocycles. The zero-order valence-electron chi connectivity index (χ0n) is 17.6. The van der Waals surface area contributed by atoms with E-state index >= 15 is 0 Å². The highest BCUT2D eigenvalue weighted by atomic mass is 16.6. The van der Waals surface area contributed by atoms with Crippen molar-refractivity contribution in [1.82, 2.24) is 14.5 Å². The third-order valence-electron chi connectivity index (χ3n) is 6.71. The predicted molar refractivity (Wildman–Crippen MR) is 115 cm³/mol. The Morgan fingerprint density at radius 1 is 1.03 bits per heavy atom. The maximum atomic E-state index is 12.0. The van der Waals surface area contributed by atoms with Gasteiger partial charge in [-0.3, -0.25) is 14.3 Å². The van der Waals surface area contributed by atoms with E-state index in [0.29, 0.717) is 25.1 Å². The van der Waals surface area contributed by atoms with Crippen molar-refractivity contribution in [2.45, 2.75) is 70.1 Å². The SMILES string of the molecule is O=c1cc(CN2CCCC2)n2c(n1)O[C@H](COc1ccc(C3CCCCC3)cc1)C2. The fraction of sp³-hybridized carbons (Fsp3) is 0.583. The molecule has 2 fully saturated rings. The molecule has 0 spiro atoms. The van der Waals surface area contributed by atoms with E-state index in [-0.39, 0.29) is 11.7 Å². The first kappa shape index (κ1) is 19.6. The number of nitrogens with zero attached hydrogens (tertiary/aromatic N) is 3. The van der Waals surface area contributed by atoms with Crippen molar-refractivity contribution in [1.29, 1.82) is 0 Å². The lowest BCUT2D eigenvalue weighted by Gasteiger charge is -2.22. The summed E-state index contributed by atoms with van der Waals surface area (Å²) in [6.07, 6.45) is 9.01. The third-order valence-corrected chi connectivity index (χ3v) is 6.71. The van der Waals surface area contributed by atoms with Gasteiger partial charge >= 0.3 is 6.01 Å². The van der Waals surface area contributed by atoms with Crippen molar-refractivity contribution in [2.75, 3.05) is 19.7 Å². The van der Waals surface area contributed by atoms with Gasteiger partial charge in [-0.05, 0) is 62.4 Å². The average Bonchev–Trinajstić information content (AvgIpc) is 3.43. The summed E-state index contributed by atoms with van der Waals surface area (Å²) >= 11 is 0. The summed E-state index contributed by atoms with van der Waals surface area (Å²) in [5.41, 5.74) is 2.20. The van der Waals surface area contributed by atoms with Gasteiger partial charge in [0.1, 0.15) is 12.4 Å². The molecule has 2 aliphatic heterocycles. The normalized spacial score (nSPS) is 22.1. The van der Waals surface area contributed by atoms with Gasteiger partial charge in [0.15, 0.2) is 6.10 Å². The molecule has 0 N–H and O–H groups in total. The van der Waals surface area contributed by atoms with Gasteiger partial charge in [-0.2, -0.15) is 4.98 Å². The Morgan fingerprint density at radius 3 is 2.57 bits per heavy atom. The second kappa shape index (κ2) is 8.80. The minimum atomic E-state index is -0.227. The van der Waals surface area contributed by atoms with Crippen molar-refractivity contribution in [3.05, 3.63) is 51.9 Å². The molecule has 1 aromatic heterocycles. The zero-order valence-corrected chi connectivity index (χ0v) is 17.6. The van der Waals surface area contributed by atoms with Gasteiger partial charge in [-0.15, -0.1) is 0 Å². The Hall–Kier alpha value is -2.34. The second-order valence-electron chi connectivity index (χ2n) is 8.92. The van der Waals surface area contributed by atoms with E-state index in [1.165, 1.54) is 50.5 Å². The van der Waals surface area contributed by atoms with E-state index in [0.717, 1.165) is 31.1 Å². The molecule has 1 aliphatic carbocycles. The molecule has 6 heteroatoms. The van der Waals surface area contributed by atoms with Crippen molar-refractivity contribution in [3.63, 3.8) is 0 Å². The number of fused-ring (bicyclic) bond motifs is 1. The van der Waals surface area contributed by atoms with Gasteiger partial charge in [-0.1, -0.05) is 31.4 Å². The van der Waals surface area contributed by atoms with Gasteiger partial charge < -0.3 is 9.47 Å². The van der Waals surface area contributed by atoms with Crippen LogP contribution in [-0.2, 0) is 13.1 Å². The molecule has 1 saturated carbocycles. The molecule has 2 aromatic rings. The van der Waals surface area contributed by atoms with Crippen LogP contribution in [0.4, 0.5) is 0 Å². The molecule has 0 amide bonds. The first-order valence-corrected chi connectivity index (χ1v) is 11.5. The lowest BCUT2D eigenvalue weighted by atomic mass is 9.84. The molecule has 5 rings (SSSR count). The molecule has 0 radical (unpaired) electrons. The molecule has 0 unspecified atom stereocenters. The van der Waals surface area contributed by atoms with Gasteiger partial charge in [0.05, 0.1) is 6.54 Å². The molecule has 30 heavy (non-hydrogen) atoms. The molecule has 3 aliphatic rings. The van der Waals surface area contributed by atoms with Crippen LogP contribution in [0.1, 0.15) is 62.1 Å². The number of hydrogen-bond donors (Lipinski definition) is 0. The van der Waals surface area contributed by atoms with Crippen molar-refractivity contribution in [2.24, 2.45) is 0 Å². The molecule has 160 valence electrons. The quantitative estimate of drug-likeness (QED) is 0.728. The molecular formula is C24H31N3O3. The molecule has 1 aromatic carbocycles. The van der Waals surface area contributed by atoms with Crippen LogP contribution < -0.4 is 15.0 Å². The fourth-order valence-electron chi connectivity index (χ4n) is 5.05. The number of benzene rings is 1. The fourth-order valence-corrected chi connectivity index (χ4v) is 5.05. The summed E-state index contributed by atoms with van der Waals surface area (Å²) in [6, 6.07) is 10.7. The van der Waals surface area contributed by atoms with Crippen LogP contribution in [0.15, 0.2) is 35.1 Å². The van der Waals surface area contributed by atoms with Crippen LogP contribution >= 0.6 is 0 Å². The Labute approximate surface area is 177 Å². The highest BCUT2D eigenvalue weighted by Gasteiger charge is 2.27. The summed E-state index contributed by atoms with van der Waals surface area (Å²) in [5.74, 6) is 1.58. The lowest BCUT2D eigenvalue weighted by molar-refractivity contribution is 0.143. The first-order chi connectivity index (χ1) is 14.7. The van der Waals surface area contributed by atoms with E-state index < -0.39 is 0 Å². The van der Waals surface area contributed by atoms with Crippen LogP contribution in [0.5, 0.6) is 11.8 Å². The van der Waals surface area contributed by atoms with Gasteiger partial charge in [0.2, 0.25) is 0 Å². The van der Waals surface area contributed by atoms with Crippen molar-refractivity contribution in [3.8, 4) is 11.8 Å². The minimum absolute atomic E-state index is 0.130. The predicted octanol–water partition coefficient (Wildman–Crippen LogP) is 3.73. The van der Waals surface area contributed by atoms with E-state index in [1.54, 1.807) is 6.07 Å². The van der Waals surface area contributed by atoms with E-state index in [2.05, 4.69) is 34.1 Å². The standard InChI is InChI=1S/C24H31N3O3/c28-23-14-20(15-26-12-4-5-13-26)27-16-22(30-24(27)25-23)17-29-21-10-8-19(9-11-21)18-6-2-1-3-7-18/h8-11,14,18,22H,1-7,12-13,15-17H2/t22-/m0/s1. The van der Waals surface area contributed by atoms with Gasteiger partial charge in [0, 0.05) is 18.3 Å². The molecule has 6 nitrogen and oxygen atoms in total. The van der Waals surface area contributed by atoms with Crippen LogP contribution in [0, 0.1) is 0 Å². The maximum Gasteiger partial charge on any atom is 0.300 e. The summed E-state index contributed by atoms with van der Waals surface area (Å²) in [5, 5.41) is 0. The number of ether oxygens (including phenoxy) is 2. The van der Waals surface area contributed by atoms with Crippen molar-refractivity contribution < 1.29 is 9.47 Å². The third kappa shape index (κ3) is 4.38. The maximum absolute atomic E-state index is 12.0. The van der Waals surface area contributed by atoms with Crippen molar-refractivity contribution >= 4 is 0 Å². The first-order valence-electron chi connectivity index (χ1n) is 11.5. The molecule has 1 atom stereocenters. The number of likely N-dealkylation sites (tertiary alicyclic amines) is 1. The monoisotopic (exact) mass is 409 g/mol. The Morgan fingerprint density at radius 2 is 1.80 bits per heavy atom. The van der Waals surface area contributed by atoms with Gasteiger partial charge in [-0.25, -0.2) is 0 Å². The van der Waals surface area contributed by atoms with Crippen LogP contribution in [0.2, 0.25) is 0 Å². The second-order valence-corrected chi connectivity index (χ2v) is 8.92. The number of aromatic nitrogens is 2. The van der Waals surface area contributed by atoms with Crippen LogP contribution in [0.25, 0.3) is 0 Å². The van der Waals surface area contributed by atoms with Crippen LogP contribution in [0.3, 0.4) is 0 Å². The molecule has 1 saturated heterocycles. The summed E-state index contributed by atoms with van der Waals surface area (Å²) in [7, 11) is 0. The Balaban J connectivity index is 1.19. The Kier molecular flexibility index (Phi) is 5.75. The minimum Gasteiger partial charge on any atom is -0.490 e. The summed E-state index contributed by atoms with van der Waals surface area (Å²) in [4.78, 5) is 18.5. The highest BCUT2D eigenvalue weighted by Crippen LogP contribution is 2.33.